The van der Waals surface area contributed by atoms with Gasteiger partial charge in [-0.05, 0) is 32.7 Å². The molecule has 0 saturated carbocycles. The molecule has 1 aliphatic heterocycles. The Kier molecular flexibility index (Phi) is 4.36. The normalized spacial score (nSPS) is 19.4. The van der Waals surface area contributed by atoms with Crippen molar-refractivity contribution in [1.29, 1.82) is 0 Å². The van der Waals surface area contributed by atoms with E-state index in [1.165, 1.54) is 0 Å². The molecule has 0 amide bonds. The van der Waals surface area contributed by atoms with Crippen LogP contribution in [0.25, 0.3) is 0 Å². The number of hydrogen-bond acceptors (Lipinski definition) is 5. The van der Waals surface area contributed by atoms with Gasteiger partial charge in [-0.25, -0.2) is 4.68 Å². The van der Waals surface area contributed by atoms with Crippen LogP contribution >= 0.6 is 0 Å². The maximum Gasteiger partial charge on any atom is 0.333 e. The van der Waals surface area contributed by atoms with Gasteiger partial charge in [-0.1, -0.05) is 6.92 Å². The number of aromatic nitrogens is 2. The number of aryl methyl sites for hydroxylation is 2. The summed E-state index contributed by atoms with van der Waals surface area (Å²) in [6.07, 6.45) is 3.02. The molecule has 1 atom stereocenters. The van der Waals surface area contributed by atoms with Crippen LogP contribution in [0.5, 0.6) is 0 Å². The van der Waals surface area contributed by atoms with E-state index in [2.05, 4.69) is 15.7 Å². The quantitative estimate of drug-likeness (QED) is 0.626. The van der Waals surface area contributed by atoms with E-state index in [1.807, 2.05) is 6.92 Å². The maximum atomic E-state index is 11.2. The first-order chi connectivity index (χ1) is 9.13. The summed E-state index contributed by atoms with van der Waals surface area (Å²) in [5.41, 5.74) is 0.587. The zero-order chi connectivity index (χ0) is 13.8. The molecular formula is C12H21N5O2. The van der Waals surface area contributed by atoms with Crippen molar-refractivity contribution in [2.75, 3.05) is 18.4 Å². The van der Waals surface area contributed by atoms with Gasteiger partial charge in [0.1, 0.15) is 5.69 Å². The van der Waals surface area contributed by atoms with Crippen LogP contribution in [0.15, 0.2) is 0 Å². The summed E-state index contributed by atoms with van der Waals surface area (Å²) in [6.45, 7) is 6.28. The van der Waals surface area contributed by atoms with Gasteiger partial charge in [-0.2, -0.15) is 5.10 Å². The molecule has 1 aliphatic rings. The third-order valence-electron chi connectivity index (χ3n) is 3.35. The molecule has 7 nitrogen and oxygen atoms in total. The molecule has 0 bridgehead atoms. The molecule has 0 radical (unpaired) electrons. The van der Waals surface area contributed by atoms with E-state index in [4.69, 9.17) is 0 Å². The summed E-state index contributed by atoms with van der Waals surface area (Å²) < 4.78 is 1.72. The predicted molar refractivity (Wildman–Crippen MR) is 73.4 cm³/mol. The fourth-order valence-electron chi connectivity index (χ4n) is 2.48. The highest BCUT2D eigenvalue weighted by molar-refractivity contribution is 5.60. The van der Waals surface area contributed by atoms with E-state index in [9.17, 15) is 10.1 Å². The third-order valence-corrected chi connectivity index (χ3v) is 3.35. The minimum atomic E-state index is -0.340. The SMILES string of the molecule is CCCn1nc(C)c([N+](=O)[O-])c1NC1CCCNC1. The second kappa shape index (κ2) is 6.01. The molecule has 1 aromatic heterocycles. The fourth-order valence-corrected chi connectivity index (χ4v) is 2.48. The Labute approximate surface area is 112 Å². The summed E-state index contributed by atoms with van der Waals surface area (Å²) in [4.78, 5) is 10.9. The molecular weight excluding hydrogens is 246 g/mol. The molecule has 1 saturated heterocycles. The topological polar surface area (TPSA) is 85.0 Å². The second-order valence-corrected chi connectivity index (χ2v) is 4.95. The van der Waals surface area contributed by atoms with Crippen molar-refractivity contribution in [3.05, 3.63) is 15.8 Å². The van der Waals surface area contributed by atoms with Crippen molar-refractivity contribution in [3.8, 4) is 0 Å². The van der Waals surface area contributed by atoms with Crippen molar-refractivity contribution in [3.63, 3.8) is 0 Å². The monoisotopic (exact) mass is 267 g/mol. The van der Waals surface area contributed by atoms with Crippen LogP contribution in [-0.4, -0.2) is 33.8 Å². The average Bonchev–Trinajstić information content (AvgIpc) is 2.67. The lowest BCUT2D eigenvalue weighted by Crippen LogP contribution is -2.39. The fraction of sp³-hybridized carbons (Fsp3) is 0.750. The molecule has 1 unspecified atom stereocenters. The van der Waals surface area contributed by atoms with E-state index in [0.29, 0.717) is 18.1 Å². The number of hydrogen-bond donors (Lipinski definition) is 2. The first kappa shape index (κ1) is 13.8. The highest BCUT2D eigenvalue weighted by atomic mass is 16.6. The Bertz CT molecular complexity index is 451. The molecule has 1 aromatic rings. The lowest BCUT2D eigenvalue weighted by Gasteiger charge is -2.24. The summed E-state index contributed by atoms with van der Waals surface area (Å²) in [5.74, 6) is 0.554. The predicted octanol–water partition coefficient (Wildman–Crippen LogP) is 1.67. The highest BCUT2D eigenvalue weighted by Gasteiger charge is 2.27. The van der Waals surface area contributed by atoms with E-state index >= 15 is 0 Å². The van der Waals surface area contributed by atoms with Gasteiger partial charge < -0.3 is 10.6 Å². The van der Waals surface area contributed by atoms with Crippen molar-refractivity contribution in [1.82, 2.24) is 15.1 Å². The zero-order valence-corrected chi connectivity index (χ0v) is 11.5. The second-order valence-electron chi connectivity index (χ2n) is 4.95. The van der Waals surface area contributed by atoms with E-state index in [1.54, 1.807) is 11.6 Å². The first-order valence-corrected chi connectivity index (χ1v) is 6.82. The number of nitrogens with one attached hydrogen (secondary N) is 2. The van der Waals surface area contributed by atoms with Crippen molar-refractivity contribution >= 4 is 11.5 Å². The Morgan fingerprint density at radius 2 is 2.42 bits per heavy atom. The number of piperidine rings is 1. The lowest BCUT2D eigenvalue weighted by atomic mass is 10.1. The summed E-state index contributed by atoms with van der Waals surface area (Å²) in [5, 5.41) is 22.1. The van der Waals surface area contributed by atoms with E-state index in [0.717, 1.165) is 32.4 Å². The molecule has 2 rings (SSSR count). The van der Waals surface area contributed by atoms with Gasteiger partial charge in [-0.3, -0.25) is 10.1 Å². The van der Waals surface area contributed by atoms with Gasteiger partial charge >= 0.3 is 5.69 Å². The molecule has 0 aromatic carbocycles. The standard InChI is InChI=1S/C12H21N5O2/c1-3-7-16-12(11(17(18)19)9(2)15-16)14-10-5-4-6-13-8-10/h10,13-14H,3-8H2,1-2H3. The van der Waals surface area contributed by atoms with E-state index in [-0.39, 0.29) is 16.7 Å². The van der Waals surface area contributed by atoms with Crippen LogP contribution < -0.4 is 10.6 Å². The van der Waals surface area contributed by atoms with Gasteiger partial charge in [0.15, 0.2) is 0 Å². The Morgan fingerprint density at radius 3 is 3.00 bits per heavy atom. The molecule has 1 fully saturated rings. The Balaban J connectivity index is 2.26. The zero-order valence-electron chi connectivity index (χ0n) is 11.5. The van der Waals surface area contributed by atoms with Crippen LogP contribution in [0.4, 0.5) is 11.5 Å². The van der Waals surface area contributed by atoms with Gasteiger partial charge in [0.25, 0.3) is 0 Å². The summed E-state index contributed by atoms with van der Waals surface area (Å²) in [6, 6.07) is 0.235. The van der Waals surface area contributed by atoms with Gasteiger partial charge in [0, 0.05) is 19.1 Å². The van der Waals surface area contributed by atoms with Crippen molar-refractivity contribution in [2.24, 2.45) is 0 Å². The van der Waals surface area contributed by atoms with Crippen LogP contribution in [0.1, 0.15) is 31.9 Å². The van der Waals surface area contributed by atoms with Gasteiger partial charge in [0.2, 0.25) is 5.82 Å². The number of anilines is 1. The number of nitrogens with zero attached hydrogens (tertiary/aromatic N) is 3. The lowest BCUT2D eigenvalue weighted by molar-refractivity contribution is -0.384. The molecule has 0 spiro atoms. The van der Waals surface area contributed by atoms with Gasteiger partial charge in [0.05, 0.1) is 4.92 Å². The Hall–Kier alpha value is -1.63. The number of rotatable bonds is 5. The van der Waals surface area contributed by atoms with Crippen LogP contribution in [0.2, 0.25) is 0 Å². The van der Waals surface area contributed by atoms with Crippen molar-refractivity contribution < 1.29 is 4.92 Å². The molecule has 19 heavy (non-hydrogen) atoms. The molecule has 2 N–H and O–H groups in total. The largest absolute Gasteiger partial charge is 0.361 e. The number of nitro groups is 1. The molecule has 0 aliphatic carbocycles. The molecule has 7 heteroatoms. The smallest absolute Gasteiger partial charge is 0.333 e. The third kappa shape index (κ3) is 3.04. The van der Waals surface area contributed by atoms with Crippen LogP contribution in [-0.2, 0) is 6.54 Å². The summed E-state index contributed by atoms with van der Waals surface area (Å²) in [7, 11) is 0. The first-order valence-electron chi connectivity index (χ1n) is 6.82. The van der Waals surface area contributed by atoms with Gasteiger partial charge in [-0.15, -0.1) is 0 Å². The van der Waals surface area contributed by atoms with Crippen LogP contribution in [0, 0.1) is 17.0 Å². The van der Waals surface area contributed by atoms with E-state index < -0.39 is 0 Å². The molecule has 2 heterocycles. The minimum absolute atomic E-state index is 0.110. The molecule has 106 valence electrons. The van der Waals surface area contributed by atoms with Crippen LogP contribution in [0.3, 0.4) is 0 Å². The maximum absolute atomic E-state index is 11.2. The van der Waals surface area contributed by atoms with Crippen molar-refractivity contribution in [2.45, 2.75) is 45.7 Å². The summed E-state index contributed by atoms with van der Waals surface area (Å²) >= 11 is 0. The Morgan fingerprint density at radius 1 is 1.63 bits per heavy atom. The highest BCUT2D eigenvalue weighted by Crippen LogP contribution is 2.29. The minimum Gasteiger partial charge on any atom is -0.361 e. The average molecular weight is 267 g/mol.